The van der Waals surface area contributed by atoms with Crippen LogP contribution in [-0.4, -0.2) is 29.7 Å². The van der Waals surface area contributed by atoms with Gasteiger partial charge in [-0.1, -0.05) is 31.9 Å². The van der Waals surface area contributed by atoms with Gasteiger partial charge < -0.3 is 9.47 Å². The van der Waals surface area contributed by atoms with Crippen molar-refractivity contribution in [1.29, 1.82) is 0 Å². The van der Waals surface area contributed by atoms with Crippen LogP contribution in [-0.2, 0) is 9.47 Å². The van der Waals surface area contributed by atoms with E-state index >= 15 is 0 Å². The Bertz CT molecular complexity index is 143. The van der Waals surface area contributed by atoms with Crippen LogP contribution in [0.3, 0.4) is 0 Å². The number of hydrogen-bond acceptors (Lipinski definition) is 2. The topological polar surface area (TPSA) is 18.5 Å². The zero-order chi connectivity index (χ0) is 9.24. The molecule has 0 aromatic carbocycles. The maximum Gasteiger partial charge on any atom is 0.162 e. The summed E-state index contributed by atoms with van der Waals surface area (Å²) in [5, 5.41) is 1.81. The summed E-state index contributed by atoms with van der Waals surface area (Å²) in [5.41, 5.74) is 0.107. The minimum absolute atomic E-state index is 0.107. The third kappa shape index (κ3) is 2.44. The zero-order valence-corrected chi connectivity index (χ0v) is 10.6. The molecule has 0 aromatic rings. The van der Waals surface area contributed by atoms with E-state index in [-0.39, 0.29) is 5.41 Å². The summed E-state index contributed by atoms with van der Waals surface area (Å²) < 4.78 is 11.2. The summed E-state index contributed by atoms with van der Waals surface area (Å²) >= 11 is 6.95. The molecule has 0 unspecified atom stereocenters. The average molecular weight is 302 g/mol. The first-order chi connectivity index (χ1) is 5.54. The average Bonchev–Trinajstić information content (AvgIpc) is 2.06. The third-order valence-electron chi connectivity index (χ3n) is 2.02. The maximum absolute atomic E-state index is 5.58. The van der Waals surface area contributed by atoms with Crippen molar-refractivity contribution in [2.24, 2.45) is 5.41 Å². The van der Waals surface area contributed by atoms with Gasteiger partial charge in [0.2, 0.25) is 0 Å². The van der Waals surface area contributed by atoms with Gasteiger partial charge in [0.05, 0.1) is 13.2 Å². The summed E-state index contributed by atoms with van der Waals surface area (Å²) in [5.74, 6) is -0.409. The standard InChI is InChI=1S/C8H14Br2O2/c1-7(2)11-5-8(3-9,4-10)6-12-7/h3-6H2,1-2H3. The van der Waals surface area contributed by atoms with Crippen molar-refractivity contribution in [3.8, 4) is 0 Å². The Labute approximate surface area is 90.3 Å². The highest BCUT2D eigenvalue weighted by Gasteiger charge is 2.38. The summed E-state index contributed by atoms with van der Waals surface area (Å²) in [6.45, 7) is 5.38. The molecular formula is C8H14Br2O2. The van der Waals surface area contributed by atoms with E-state index in [0.717, 1.165) is 23.9 Å². The first-order valence-corrected chi connectivity index (χ1v) is 6.18. The van der Waals surface area contributed by atoms with Crippen LogP contribution >= 0.6 is 31.9 Å². The molecule has 4 heteroatoms. The molecule has 0 aliphatic carbocycles. The van der Waals surface area contributed by atoms with Crippen molar-refractivity contribution in [2.45, 2.75) is 19.6 Å². The van der Waals surface area contributed by atoms with Gasteiger partial charge >= 0.3 is 0 Å². The molecular weight excluding hydrogens is 288 g/mol. The smallest absolute Gasteiger partial charge is 0.162 e. The highest BCUT2D eigenvalue weighted by molar-refractivity contribution is 9.09. The van der Waals surface area contributed by atoms with Crippen molar-refractivity contribution in [2.75, 3.05) is 23.9 Å². The molecule has 1 heterocycles. The molecule has 0 radical (unpaired) electrons. The molecule has 0 atom stereocenters. The lowest BCUT2D eigenvalue weighted by Gasteiger charge is -2.41. The normalized spacial score (nSPS) is 27.0. The van der Waals surface area contributed by atoms with Crippen LogP contribution in [0.1, 0.15) is 13.8 Å². The van der Waals surface area contributed by atoms with E-state index < -0.39 is 5.79 Å². The molecule has 2 nitrogen and oxygen atoms in total. The van der Waals surface area contributed by atoms with Gasteiger partial charge in [0.1, 0.15) is 0 Å². The summed E-state index contributed by atoms with van der Waals surface area (Å²) in [7, 11) is 0. The number of alkyl halides is 2. The molecule has 72 valence electrons. The number of rotatable bonds is 2. The lowest BCUT2D eigenvalue weighted by molar-refractivity contribution is -0.276. The van der Waals surface area contributed by atoms with Crippen molar-refractivity contribution in [3.05, 3.63) is 0 Å². The fraction of sp³-hybridized carbons (Fsp3) is 1.00. The molecule has 1 fully saturated rings. The van der Waals surface area contributed by atoms with Crippen LogP contribution in [0.15, 0.2) is 0 Å². The summed E-state index contributed by atoms with van der Waals surface area (Å²) in [6.07, 6.45) is 0. The van der Waals surface area contributed by atoms with Gasteiger partial charge in [0, 0.05) is 16.1 Å². The molecule has 1 aliphatic rings. The van der Waals surface area contributed by atoms with Crippen LogP contribution in [0.25, 0.3) is 0 Å². The predicted octanol–water partition coefficient (Wildman–Crippen LogP) is 2.55. The monoisotopic (exact) mass is 300 g/mol. The maximum atomic E-state index is 5.58. The second-order valence-electron chi connectivity index (χ2n) is 3.74. The van der Waals surface area contributed by atoms with E-state index in [1.165, 1.54) is 0 Å². The second-order valence-corrected chi connectivity index (χ2v) is 4.87. The Kier molecular flexibility index (Phi) is 3.60. The lowest BCUT2D eigenvalue weighted by atomic mass is 9.95. The van der Waals surface area contributed by atoms with E-state index in [9.17, 15) is 0 Å². The van der Waals surface area contributed by atoms with Crippen LogP contribution in [0.4, 0.5) is 0 Å². The summed E-state index contributed by atoms with van der Waals surface area (Å²) in [4.78, 5) is 0. The molecule has 0 amide bonds. The fourth-order valence-electron chi connectivity index (χ4n) is 0.927. The Morgan fingerprint density at radius 2 is 1.50 bits per heavy atom. The van der Waals surface area contributed by atoms with Crippen LogP contribution < -0.4 is 0 Å². The molecule has 0 spiro atoms. The number of ether oxygens (including phenoxy) is 2. The summed E-state index contributed by atoms with van der Waals surface area (Å²) in [6, 6.07) is 0. The van der Waals surface area contributed by atoms with Gasteiger partial charge in [-0.2, -0.15) is 0 Å². The highest BCUT2D eigenvalue weighted by Crippen LogP contribution is 2.32. The quantitative estimate of drug-likeness (QED) is 0.730. The Hall–Kier alpha value is 0.880. The third-order valence-corrected chi connectivity index (χ3v) is 4.40. The van der Waals surface area contributed by atoms with Crippen LogP contribution in [0.2, 0.25) is 0 Å². The first kappa shape index (κ1) is 11.0. The molecule has 1 rings (SSSR count). The largest absolute Gasteiger partial charge is 0.350 e. The van der Waals surface area contributed by atoms with E-state index in [2.05, 4.69) is 31.9 Å². The minimum atomic E-state index is -0.409. The fourth-order valence-corrected chi connectivity index (χ4v) is 2.50. The molecule has 1 saturated heterocycles. The van der Waals surface area contributed by atoms with Gasteiger partial charge in [-0.3, -0.25) is 0 Å². The van der Waals surface area contributed by atoms with E-state index in [1.54, 1.807) is 0 Å². The Balaban J connectivity index is 2.53. The zero-order valence-electron chi connectivity index (χ0n) is 7.40. The number of hydrogen-bond donors (Lipinski definition) is 0. The molecule has 0 N–H and O–H groups in total. The minimum Gasteiger partial charge on any atom is -0.350 e. The SMILES string of the molecule is CC1(C)OCC(CBr)(CBr)CO1. The molecule has 12 heavy (non-hydrogen) atoms. The van der Waals surface area contributed by atoms with Crippen molar-refractivity contribution >= 4 is 31.9 Å². The van der Waals surface area contributed by atoms with Crippen molar-refractivity contribution < 1.29 is 9.47 Å². The molecule has 0 aromatic heterocycles. The van der Waals surface area contributed by atoms with Gasteiger partial charge in [0.15, 0.2) is 5.79 Å². The van der Waals surface area contributed by atoms with Gasteiger partial charge in [-0.05, 0) is 13.8 Å². The molecule has 0 bridgehead atoms. The molecule has 0 saturated carbocycles. The number of halogens is 2. The van der Waals surface area contributed by atoms with E-state index in [0.29, 0.717) is 0 Å². The van der Waals surface area contributed by atoms with Crippen molar-refractivity contribution in [3.63, 3.8) is 0 Å². The van der Waals surface area contributed by atoms with Crippen molar-refractivity contribution in [1.82, 2.24) is 0 Å². The molecule has 1 aliphatic heterocycles. The first-order valence-electron chi connectivity index (χ1n) is 3.93. The Morgan fingerprint density at radius 1 is 1.08 bits per heavy atom. The van der Waals surface area contributed by atoms with E-state index in [4.69, 9.17) is 9.47 Å². The van der Waals surface area contributed by atoms with Gasteiger partial charge in [-0.25, -0.2) is 0 Å². The van der Waals surface area contributed by atoms with E-state index in [1.807, 2.05) is 13.8 Å². The Morgan fingerprint density at radius 3 is 1.83 bits per heavy atom. The lowest BCUT2D eigenvalue weighted by Crippen LogP contribution is -2.48. The van der Waals surface area contributed by atoms with Crippen LogP contribution in [0, 0.1) is 5.41 Å². The van der Waals surface area contributed by atoms with Crippen LogP contribution in [0.5, 0.6) is 0 Å². The van der Waals surface area contributed by atoms with Gasteiger partial charge in [-0.15, -0.1) is 0 Å². The second kappa shape index (κ2) is 3.95. The van der Waals surface area contributed by atoms with Gasteiger partial charge in [0.25, 0.3) is 0 Å². The highest BCUT2D eigenvalue weighted by atomic mass is 79.9. The predicted molar refractivity (Wildman–Crippen MR) is 56.0 cm³/mol.